The van der Waals surface area contributed by atoms with E-state index in [1.165, 1.54) is 10.9 Å². The van der Waals surface area contributed by atoms with E-state index in [0.717, 1.165) is 6.07 Å². The van der Waals surface area contributed by atoms with Gasteiger partial charge >= 0.3 is 0 Å². The zero-order valence-electron chi connectivity index (χ0n) is 9.61. The highest BCUT2D eigenvalue weighted by molar-refractivity contribution is 6.07. The van der Waals surface area contributed by atoms with E-state index >= 15 is 0 Å². The summed E-state index contributed by atoms with van der Waals surface area (Å²) in [5.74, 6) is -5.47. The number of carbonyl (C=O) groups is 1. The van der Waals surface area contributed by atoms with Gasteiger partial charge in [-0.25, -0.2) is 13.2 Å². The number of ketones is 1. The molecule has 0 radical (unpaired) electrons. The number of hydrogen-bond acceptors (Lipinski definition) is 4. The van der Waals surface area contributed by atoms with Crippen molar-refractivity contribution in [3.63, 3.8) is 0 Å². The summed E-state index contributed by atoms with van der Waals surface area (Å²) >= 11 is 0. The second-order valence-electron chi connectivity index (χ2n) is 3.71. The molecule has 8 heteroatoms. The predicted octanol–water partition coefficient (Wildman–Crippen LogP) is 0.885. The van der Waals surface area contributed by atoms with E-state index in [4.69, 9.17) is 5.73 Å². The Bertz CT molecular complexity index is 626. The van der Waals surface area contributed by atoms with Crippen LogP contribution in [0.3, 0.4) is 0 Å². The summed E-state index contributed by atoms with van der Waals surface area (Å²) < 4.78 is 40.5. The SMILES string of the molecule is NCCn1cc(C(=O)c2ccc(F)c(F)c2F)nn1. The lowest BCUT2D eigenvalue weighted by Crippen LogP contribution is -2.10. The molecule has 0 saturated heterocycles. The summed E-state index contributed by atoms with van der Waals surface area (Å²) in [5.41, 5.74) is 4.53. The molecule has 2 rings (SSSR count). The summed E-state index contributed by atoms with van der Waals surface area (Å²) in [5, 5.41) is 7.13. The predicted molar refractivity (Wildman–Crippen MR) is 58.8 cm³/mol. The van der Waals surface area contributed by atoms with Crippen LogP contribution in [0.15, 0.2) is 18.3 Å². The van der Waals surface area contributed by atoms with Crippen molar-refractivity contribution in [2.24, 2.45) is 5.73 Å². The van der Waals surface area contributed by atoms with Gasteiger partial charge in [0, 0.05) is 6.54 Å². The van der Waals surface area contributed by atoms with Crippen LogP contribution in [0.1, 0.15) is 16.1 Å². The first-order valence-corrected chi connectivity index (χ1v) is 5.33. The molecule has 0 aliphatic heterocycles. The Morgan fingerprint density at radius 2 is 2.00 bits per heavy atom. The normalized spacial score (nSPS) is 10.7. The molecule has 100 valence electrons. The van der Waals surface area contributed by atoms with Gasteiger partial charge in [-0.2, -0.15) is 0 Å². The van der Waals surface area contributed by atoms with Crippen LogP contribution in [0.5, 0.6) is 0 Å². The van der Waals surface area contributed by atoms with Crippen molar-refractivity contribution < 1.29 is 18.0 Å². The van der Waals surface area contributed by atoms with Crippen LogP contribution in [0.2, 0.25) is 0 Å². The Kier molecular flexibility index (Phi) is 3.61. The highest BCUT2D eigenvalue weighted by Crippen LogP contribution is 2.17. The third-order valence-corrected chi connectivity index (χ3v) is 2.41. The molecule has 0 amide bonds. The Balaban J connectivity index is 2.36. The lowest BCUT2D eigenvalue weighted by molar-refractivity contribution is 0.102. The fraction of sp³-hybridized carbons (Fsp3) is 0.182. The van der Waals surface area contributed by atoms with E-state index in [1.54, 1.807) is 0 Å². The van der Waals surface area contributed by atoms with Crippen molar-refractivity contribution in [1.82, 2.24) is 15.0 Å². The van der Waals surface area contributed by atoms with E-state index in [2.05, 4.69) is 10.3 Å². The average molecular weight is 270 g/mol. The fourth-order valence-electron chi connectivity index (χ4n) is 1.48. The topological polar surface area (TPSA) is 73.8 Å². The Hall–Kier alpha value is -2.22. The van der Waals surface area contributed by atoms with Crippen molar-refractivity contribution in [1.29, 1.82) is 0 Å². The number of nitrogens with zero attached hydrogens (tertiary/aromatic N) is 3. The number of hydrogen-bond donors (Lipinski definition) is 1. The molecule has 0 saturated carbocycles. The lowest BCUT2D eigenvalue weighted by atomic mass is 10.1. The molecule has 5 nitrogen and oxygen atoms in total. The van der Waals surface area contributed by atoms with Crippen molar-refractivity contribution in [2.75, 3.05) is 6.54 Å². The number of rotatable bonds is 4. The highest BCUT2D eigenvalue weighted by atomic mass is 19.2. The first kappa shape index (κ1) is 13.2. The van der Waals surface area contributed by atoms with Gasteiger partial charge < -0.3 is 5.73 Å². The van der Waals surface area contributed by atoms with Crippen LogP contribution in [0, 0.1) is 17.5 Å². The summed E-state index contributed by atoms with van der Waals surface area (Å²) in [6.07, 6.45) is 1.26. The zero-order valence-corrected chi connectivity index (χ0v) is 9.61. The van der Waals surface area contributed by atoms with Gasteiger partial charge in [-0.15, -0.1) is 5.10 Å². The molecule has 0 aliphatic rings. The Morgan fingerprint density at radius 1 is 1.26 bits per heavy atom. The maximum atomic E-state index is 13.4. The molecular formula is C11H9F3N4O. The van der Waals surface area contributed by atoms with Crippen LogP contribution in [0.25, 0.3) is 0 Å². The van der Waals surface area contributed by atoms with Crippen LogP contribution in [0.4, 0.5) is 13.2 Å². The van der Waals surface area contributed by atoms with Crippen LogP contribution in [-0.2, 0) is 6.54 Å². The van der Waals surface area contributed by atoms with E-state index in [1.807, 2.05) is 0 Å². The minimum atomic E-state index is -1.69. The molecule has 0 spiro atoms. The molecule has 19 heavy (non-hydrogen) atoms. The van der Waals surface area contributed by atoms with Gasteiger partial charge in [0.25, 0.3) is 0 Å². The molecule has 0 unspecified atom stereocenters. The quantitative estimate of drug-likeness (QED) is 0.661. The summed E-state index contributed by atoms with van der Waals surface area (Å²) in [6.45, 7) is 0.622. The van der Waals surface area contributed by atoms with Gasteiger partial charge in [0.1, 0.15) is 0 Å². The second kappa shape index (κ2) is 5.19. The summed E-state index contributed by atoms with van der Waals surface area (Å²) in [6, 6.07) is 1.54. The maximum Gasteiger partial charge on any atom is 0.217 e. The molecule has 0 fully saturated rings. The molecule has 1 heterocycles. The van der Waals surface area contributed by atoms with Crippen molar-refractivity contribution >= 4 is 5.78 Å². The monoisotopic (exact) mass is 270 g/mol. The maximum absolute atomic E-state index is 13.4. The first-order chi connectivity index (χ1) is 9.04. The van der Waals surface area contributed by atoms with Crippen molar-refractivity contribution in [3.05, 3.63) is 47.0 Å². The van der Waals surface area contributed by atoms with E-state index in [-0.39, 0.29) is 12.2 Å². The van der Waals surface area contributed by atoms with Gasteiger partial charge in [-0.05, 0) is 12.1 Å². The number of nitrogens with two attached hydrogens (primary N) is 1. The van der Waals surface area contributed by atoms with Crippen molar-refractivity contribution in [2.45, 2.75) is 6.54 Å². The van der Waals surface area contributed by atoms with Crippen LogP contribution < -0.4 is 5.73 Å². The average Bonchev–Trinajstić information content (AvgIpc) is 2.85. The Morgan fingerprint density at radius 3 is 2.68 bits per heavy atom. The molecular weight excluding hydrogens is 261 g/mol. The standard InChI is InChI=1S/C11H9F3N4O/c12-7-2-1-6(9(13)10(7)14)11(19)8-5-18(4-3-15)17-16-8/h1-2,5H,3-4,15H2. The van der Waals surface area contributed by atoms with E-state index in [9.17, 15) is 18.0 Å². The molecule has 0 atom stereocenters. The van der Waals surface area contributed by atoms with Crippen LogP contribution >= 0.6 is 0 Å². The summed E-state index contributed by atoms with van der Waals surface area (Å²) in [4.78, 5) is 11.9. The zero-order chi connectivity index (χ0) is 14.0. The minimum Gasteiger partial charge on any atom is -0.329 e. The van der Waals surface area contributed by atoms with Gasteiger partial charge in [-0.1, -0.05) is 5.21 Å². The molecule has 0 bridgehead atoms. The number of benzene rings is 1. The second-order valence-corrected chi connectivity index (χ2v) is 3.71. The minimum absolute atomic E-state index is 0.168. The van der Waals surface area contributed by atoms with Crippen molar-refractivity contribution in [3.8, 4) is 0 Å². The first-order valence-electron chi connectivity index (χ1n) is 5.33. The van der Waals surface area contributed by atoms with Gasteiger partial charge in [0.15, 0.2) is 23.1 Å². The van der Waals surface area contributed by atoms with Gasteiger partial charge in [0.05, 0.1) is 18.3 Å². The summed E-state index contributed by atoms with van der Waals surface area (Å²) in [7, 11) is 0. The Labute approximate surface area is 105 Å². The number of halogens is 3. The molecule has 1 aromatic carbocycles. The third-order valence-electron chi connectivity index (χ3n) is 2.41. The molecule has 1 aromatic heterocycles. The molecule has 0 aliphatic carbocycles. The molecule has 2 N–H and O–H groups in total. The van der Waals surface area contributed by atoms with Crippen LogP contribution in [-0.4, -0.2) is 27.3 Å². The fourth-order valence-corrected chi connectivity index (χ4v) is 1.48. The number of aromatic nitrogens is 3. The lowest BCUT2D eigenvalue weighted by Gasteiger charge is -2.01. The molecule has 2 aromatic rings. The van der Waals surface area contributed by atoms with E-state index < -0.39 is 28.8 Å². The number of carbonyl (C=O) groups excluding carboxylic acids is 1. The van der Waals surface area contributed by atoms with Gasteiger partial charge in [0.2, 0.25) is 5.78 Å². The third kappa shape index (κ3) is 2.48. The largest absolute Gasteiger partial charge is 0.329 e. The van der Waals surface area contributed by atoms with E-state index in [0.29, 0.717) is 12.6 Å². The highest BCUT2D eigenvalue weighted by Gasteiger charge is 2.21. The smallest absolute Gasteiger partial charge is 0.217 e. The van der Waals surface area contributed by atoms with Gasteiger partial charge in [-0.3, -0.25) is 9.48 Å².